The number of aromatic amines is 1. The van der Waals surface area contributed by atoms with Crippen molar-refractivity contribution >= 4 is 29.2 Å². The Bertz CT molecular complexity index is 1060. The molecule has 2 aromatic carbocycles. The highest BCUT2D eigenvalue weighted by atomic mass is 16.5. The number of aliphatic carboxylic acids is 1. The quantitative estimate of drug-likeness (QED) is 0.381. The van der Waals surface area contributed by atoms with Crippen molar-refractivity contribution in [2.45, 2.75) is 18.9 Å². The van der Waals surface area contributed by atoms with Crippen LogP contribution >= 0.6 is 0 Å². The molecule has 166 valence electrons. The molecule has 0 saturated carbocycles. The lowest BCUT2D eigenvalue weighted by atomic mass is 10.1. The largest absolute Gasteiger partial charge is 0.486 e. The van der Waals surface area contributed by atoms with E-state index in [0.717, 1.165) is 17.8 Å². The summed E-state index contributed by atoms with van der Waals surface area (Å²) in [6, 6.07) is 14.9. The first kappa shape index (κ1) is 21.2. The van der Waals surface area contributed by atoms with Crippen LogP contribution in [0.5, 0.6) is 5.75 Å². The Labute approximate surface area is 185 Å². The van der Waals surface area contributed by atoms with Crippen LogP contribution in [0.4, 0.5) is 17.3 Å². The van der Waals surface area contributed by atoms with Crippen LogP contribution in [0, 0.1) is 0 Å². The molecule has 1 amide bonds. The lowest BCUT2D eigenvalue weighted by Crippen LogP contribution is -2.39. The molecule has 2 heterocycles. The van der Waals surface area contributed by atoms with E-state index in [9.17, 15) is 14.7 Å². The zero-order chi connectivity index (χ0) is 22.3. The minimum atomic E-state index is -0.913. The Kier molecular flexibility index (Phi) is 6.54. The van der Waals surface area contributed by atoms with Gasteiger partial charge in [-0.15, -0.1) is 0 Å². The molecule has 1 unspecified atom stereocenters. The number of carboxylic acid groups (broad SMARTS) is 1. The van der Waals surface area contributed by atoms with Crippen LogP contribution in [0.2, 0.25) is 0 Å². The number of rotatable bonds is 9. The highest BCUT2D eigenvalue weighted by Gasteiger charge is 2.29. The highest BCUT2D eigenvalue weighted by Crippen LogP contribution is 2.39. The van der Waals surface area contributed by atoms with Crippen LogP contribution in [0.1, 0.15) is 23.2 Å². The Balaban J connectivity index is 1.44. The molecule has 9 heteroatoms. The molecule has 0 fully saturated rings. The summed E-state index contributed by atoms with van der Waals surface area (Å²) in [5.41, 5.74) is 2.17. The van der Waals surface area contributed by atoms with Gasteiger partial charge in [0, 0.05) is 36.7 Å². The summed E-state index contributed by atoms with van der Waals surface area (Å²) in [5.74, 6) is 0.175. The molecule has 0 bridgehead atoms. The lowest BCUT2D eigenvalue weighted by molar-refractivity contribution is -0.138. The SMILES string of the molecule is O=C(O)CC1CN(c2ccccc2)c2cc(C(=O)NCCCNc3ncc[nH]3)ccc2O1. The van der Waals surface area contributed by atoms with E-state index < -0.39 is 12.1 Å². The number of nitrogens with zero attached hydrogens (tertiary/aromatic N) is 2. The van der Waals surface area contributed by atoms with Crippen LogP contribution < -0.4 is 20.3 Å². The Morgan fingerprint density at radius 2 is 2.03 bits per heavy atom. The number of hydrogen-bond acceptors (Lipinski definition) is 6. The zero-order valence-electron chi connectivity index (χ0n) is 17.5. The molecule has 1 atom stereocenters. The van der Waals surface area contributed by atoms with E-state index >= 15 is 0 Å². The van der Waals surface area contributed by atoms with Crippen LogP contribution in [0.25, 0.3) is 0 Å². The van der Waals surface area contributed by atoms with Gasteiger partial charge in [-0.1, -0.05) is 18.2 Å². The topological polar surface area (TPSA) is 120 Å². The van der Waals surface area contributed by atoms with Gasteiger partial charge >= 0.3 is 5.97 Å². The number of para-hydroxylation sites is 1. The van der Waals surface area contributed by atoms with Gasteiger partial charge in [0.15, 0.2) is 5.95 Å². The summed E-state index contributed by atoms with van der Waals surface area (Å²) in [5, 5.41) is 15.3. The maximum absolute atomic E-state index is 12.7. The van der Waals surface area contributed by atoms with Gasteiger partial charge in [-0.2, -0.15) is 0 Å². The minimum absolute atomic E-state index is 0.100. The number of fused-ring (bicyclic) bond motifs is 1. The second-order valence-electron chi connectivity index (χ2n) is 7.44. The first-order chi connectivity index (χ1) is 15.6. The number of H-pyrrole nitrogens is 1. The molecule has 0 spiro atoms. The van der Waals surface area contributed by atoms with Crippen molar-refractivity contribution in [3.63, 3.8) is 0 Å². The lowest BCUT2D eigenvalue weighted by Gasteiger charge is -2.36. The zero-order valence-corrected chi connectivity index (χ0v) is 17.5. The molecule has 9 nitrogen and oxygen atoms in total. The molecule has 1 aromatic heterocycles. The van der Waals surface area contributed by atoms with Crippen molar-refractivity contribution in [2.24, 2.45) is 0 Å². The fourth-order valence-corrected chi connectivity index (χ4v) is 3.60. The summed E-state index contributed by atoms with van der Waals surface area (Å²) in [7, 11) is 0. The molecule has 4 rings (SSSR count). The predicted molar refractivity (Wildman–Crippen MR) is 121 cm³/mol. The fourth-order valence-electron chi connectivity index (χ4n) is 3.60. The van der Waals surface area contributed by atoms with Gasteiger partial charge in [-0.05, 0) is 36.8 Å². The van der Waals surface area contributed by atoms with Crippen LogP contribution in [0.3, 0.4) is 0 Å². The van der Waals surface area contributed by atoms with Crippen molar-refractivity contribution in [3.05, 3.63) is 66.5 Å². The first-order valence-electron chi connectivity index (χ1n) is 10.5. The summed E-state index contributed by atoms with van der Waals surface area (Å²) >= 11 is 0. The Morgan fingerprint density at radius 1 is 1.19 bits per heavy atom. The average Bonchev–Trinajstić information content (AvgIpc) is 3.31. The van der Waals surface area contributed by atoms with E-state index in [1.807, 2.05) is 35.2 Å². The number of imidazole rings is 1. The van der Waals surface area contributed by atoms with Gasteiger partial charge in [0.2, 0.25) is 0 Å². The van der Waals surface area contributed by atoms with Crippen molar-refractivity contribution in [2.75, 3.05) is 29.9 Å². The number of anilines is 3. The number of amides is 1. The normalized spacial score (nSPS) is 14.9. The van der Waals surface area contributed by atoms with E-state index in [4.69, 9.17) is 4.74 Å². The van der Waals surface area contributed by atoms with Gasteiger partial charge in [0.25, 0.3) is 5.91 Å². The van der Waals surface area contributed by atoms with Gasteiger partial charge in [0.1, 0.15) is 11.9 Å². The van der Waals surface area contributed by atoms with Gasteiger partial charge in [0.05, 0.1) is 18.7 Å². The molecule has 0 saturated heterocycles. The molecular formula is C23H25N5O4. The van der Waals surface area contributed by atoms with E-state index in [0.29, 0.717) is 36.9 Å². The average molecular weight is 435 g/mol. The second kappa shape index (κ2) is 9.86. The molecule has 0 radical (unpaired) electrons. The number of carboxylic acids is 1. The van der Waals surface area contributed by atoms with Crippen molar-refractivity contribution < 1.29 is 19.4 Å². The molecular weight excluding hydrogens is 410 g/mol. The third-order valence-electron chi connectivity index (χ3n) is 5.09. The van der Waals surface area contributed by atoms with E-state index in [2.05, 4.69) is 20.6 Å². The number of aromatic nitrogens is 2. The predicted octanol–water partition coefficient (Wildman–Crippen LogP) is 3.02. The van der Waals surface area contributed by atoms with Gasteiger partial charge in [-0.25, -0.2) is 4.98 Å². The number of carbonyl (C=O) groups is 2. The number of nitrogens with one attached hydrogen (secondary N) is 3. The molecule has 1 aliphatic heterocycles. The molecule has 32 heavy (non-hydrogen) atoms. The van der Waals surface area contributed by atoms with Crippen molar-refractivity contribution in [1.82, 2.24) is 15.3 Å². The van der Waals surface area contributed by atoms with E-state index in [1.54, 1.807) is 30.6 Å². The fraction of sp³-hybridized carbons (Fsp3) is 0.261. The monoisotopic (exact) mass is 435 g/mol. The van der Waals surface area contributed by atoms with E-state index in [1.165, 1.54) is 0 Å². The molecule has 0 aliphatic carbocycles. The summed E-state index contributed by atoms with van der Waals surface area (Å²) in [4.78, 5) is 33.0. The molecule has 3 aromatic rings. The number of ether oxygens (including phenoxy) is 1. The van der Waals surface area contributed by atoms with Crippen molar-refractivity contribution in [3.8, 4) is 5.75 Å². The second-order valence-corrected chi connectivity index (χ2v) is 7.44. The number of benzene rings is 2. The van der Waals surface area contributed by atoms with Crippen molar-refractivity contribution in [1.29, 1.82) is 0 Å². The molecule has 1 aliphatic rings. The van der Waals surface area contributed by atoms with Crippen LogP contribution in [-0.4, -0.2) is 52.7 Å². The third-order valence-corrected chi connectivity index (χ3v) is 5.09. The summed E-state index contributed by atoms with van der Waals surface area (Å²) in [6.45, 7) is 1.58. The maximum Gasteiger partial charge on any atom is 0.307 e. The molecule has 4 N–H and O–H groups in total. The smallest absolute Gasteiger partial charge is 0.307 e. The highest BCUT2D eigenvalue weighted by molar-refractivity contribution is 5.96. The maximum atomic E-state index is 12.7. The van der Waals surface area contributed by atoms with Crippen LogP contribution in [0.15, 0.2) is 60.9 Å². The Hall–Kier alpha value is -4.01. The Morgan fingerprint density at radius 3 is 2.78 bits per heavy atom. The summed E-state index contributed by atoms with van der Waals surface area (Å²) in [6.07, 6.45) is 3.57. The summed E-state index contributed by atoms with van der Waals surface area (Å²) < 4.78 is 5.91. The first-order valence-corrected chi connectivity index (χ1v) is 10.5. The third kappa shape index (κ3) is 5.18. The number of carbonyl (C=O) groups excluding carboxylic acids is 1. The van der Waals surface area contributed by atoms with Crippen LogP contribution in [-0.2, 0) is 4.79 Å². The van der Waals surface area contributed by atoms with Gasteiger partial charge < -0.3 is 30.4 Å². The minimum Gasteiger partial charge on any atom is -0.486 e. The van der Waals surface area contributed by atoms with Gasteiger partial charge in [-0.3, -0.25) is 9.59 Å². The number of hydrogen-bond donors (Lipinski definition) is 4. The van der Waals surface area contributed by atoms with E-state index in [-0.39, 0.29) is 12.3 Å². The standard InChI is InChI=1S/C23H25N5O4/c29-21(30)14-18-15-28(17-5-2-1-3-6-17)19-13-16(7-8-20(19)32-18)22(31)24-9-4-10-25-23-26-11-12-27-23/h1-3,5-8,11-13,18H,4,9-10,14-15H2,(H,24,31)(H,29,30)(H2,25,26,27).